The highest BCUT2D eigenvalue weighted by Crippen LogP contribution is 2.39. The van der Waals surface area contributed by atoms with Crippen LogP contribution in [0.25, 0.3) is 16.6 Å². The van der Waals surface area contributed by atoms with E-state index in [1.165, 1.54) is 6.08 Å². The smallest absolute Gasteiger partial charge is 0.244 e. The lowest BCUT2D eigenvalue weighted by Crippen LogP contribution is -2.33. The van der Waals surface area contributed by atoms with Crippen LogP contribution in [0.4, 0.5) is 0 Å². The fourth-order valence-electron chi connectivity index (χ4n) is 2.90. The van der Waals surface area contributed by atoms with Gasteiger partial charge in [-0.2, -0.15) is 0 Å². The molecule has 0 radical (unpaired) electrons. The molecule has 1 aromatic carbocycles. The van der Waals surface area contributed by atoms with Gasteiger partial charge in [-0.1, -0.05) is 12.1 Å². The van der Waals surface area contributed by atoms with E-state index in [-0.39, 0.29) is 12.0 Å². The molecule has 3 aromatic rings. The number of aromatic nitrogens is 2. The summed E-state index contributed by atoms with van der Waals surface area (Å²) in [6.45, 7) is 0.464. The average molecular weight is 363 g/mol. The summed E-state index contributed by atoms with van der Waals surface area (Å²) < 4.78 is 6.09. The molecule has 0 spiro atoms. The van der Waals surface area contributed by atoms with Crippen LogP contribution in [0.1, 0.15) is 11.1 Å². The number of carbonyl (C=O) groups is 1. The maximum absolute atomic E-state index is 12.0. The van der Waals surface area contributed by atoms with E-state index in [4.69, 9.17) is 4.74 Å². The first-order valence-electron chi connectivity index (χ1n) is 8.34. The van der Waals surface area contributed by atoms with E-state index in [0.717, 1.165) is 33.9 Å². The molecule has 26 heavy (non-hydrogen) atoms. The normalized spacial score (nSPS) is 15.6. The number of nitrogens with zero attached hydrogens (tertiary/aromatic N) is 2. The first-order valence-corrected chi connectivity index (χ1v) is 9.22. The quantitative estimate of drug-likeness (QED) is 0.706. The highest BCUT2D eigenvalue weighted by molar-refractivity contribution is 7.13. The van der Waals surface area contributed by atoms with Crippen LogP contribution < -0.4 is 10.1 Å². The number of ether oxygens (including phenoxy) is 1. The maximum Gasteiger partial charge on any atom is 0.244 e. The number of pyridine rings is 1. The van der Waals surface area contributed by atoms with Gasteiger partial charge >= 0.3 is 0 Å². The van der Waals surface area contributed by atoms with Gasteiger partial charge in [-0.3, -0.25) is 9.78 Å². The molecule has 1 N–H and O–H groups in total. The Kier molecular flexibility index (Phi) is 4.75. The summed E-state index contributed by atoms with van der Waals surface area (Å²) >= 11 is 1.59. The third-order valence-corrected chi connectivity index (χ3v) is 4.94. The maximum atomic E-state index is 12.0. The molecule has 0 bridgehead atoms. The molecule has 3 heterocycles. The Balaban J connectivity index is 1.36. The van der Waals surface area contributed by atoms with Gasteiger partial charge in [0.05, 0.1) is 12.1 Å². The third kappa shape index (κ3) is 3.65. The third-order valence-electron chi connectivity index (χ3n) is 4.13. The number of nitrogens with one attached hydrogen (secondary N) is 1. The van der Waals surface area contributed by atoms with Gasteiger partial charge in [0.1, 0.15) is 16.9 Å². The molecular weight excluding hydrogens is 346 g/mol. The lowest BCUT2D eigenvalue weighted by molar-refractivity contribution is -0.116. The summed E-state index contributed by atoms with van der Waals surface area (Å²) in [6, 6.07) is 9.81. The lowest BCUT2D eigenvalue weighted by atomic mass is 10.1. The molecule has 0 fully saturated rings. The molecule has 4 rings (SSSR count). The minimum atomic E-state index is -0.137. The van der Waals surface area contributed by atoms with E-state index in [9.17, 15) is 4.79 Å². The van der Waals surface area contributed by atoms with Crippen molar-refractivity contribution in [1.82, 2.24) is 15.3 Å². The second-order valence-electron chi connectivity index (χ2n) is 5.93. The van der Waals surface area contributed by atoms with Crippen LogP contribution in [-0.4, -0.2) is 28.5 Å². The highest BCUT2D eigenvalue weighted by atomic mass is 32.1. The van der Waals surface area contributed by atoms with Crippen molar-refractivity contribution in [3.05, 3.63) is 71.5 Å². The molecular formula is C20H17N3O2S. The zero-order valence-corrected chi connectivity index (χ0v) is 14.8. The average Bonchev–Trinajstić information content (AvgIpc) is 3.34. The largest absolute Gasteiger partial charge is 0.487 e. The Morgan fingerprint density at radius 2 is 2.15 bits per heavy atom. The SMILES string of the molecule is O=C(C=Cc1ccncc1)NCC1Cc2cccc(-c3nccs3)c2O1. The Morgan fingerprint density at radius 3 is 2.96 bits per heavy atom. The Morgan fingerprint density at radius 1 is 1.27 bits per heavy atom. The number of para-hydroxylation sites is 1. The van der Waals surface area contributed by atoms with Gasteiger partial charge < -0.3 is 10.1 Å². The monoisotopic (exact) mass is 363 g/mol. The van der Waals surface area contributed by atoms with Crippen molar-refractivity contribution >= 4 is 23.3 Å². The number of hydrogen-bond acceptors (Lipinski definition) is 5. The first-order chi connectivity index (χ1) is 12.8. The number of hydrogen-bond donors (Lipinski definition) is 1. The van der Waals surface area contributed by atoms with Gasteiger partial charge in [-0.05, 0) is 35.4 Å². The van der Waals surface area contributed by atoms with Crippen molar-refractivity contribution in [2.75, 3.05) is 6.54 Å². The van der Waals surface area contributed by atoms with E-state index in [2.05, 4.69) is 21.4 Å². The number of rotatable bonds is 5. The van der Waals surface area contributed by atoms with Crippen LogP contribution in [0.3, 0.4) is 0 Å². The summed E-state index contributed by atoms with van der Waals surface area (Å²) in [5.74, 6) is 0.746. The van der Waals surface area contributed by atoms with Gasteiger partial charge in [0.2, 0.25) is 5.91 Å². The topological polar surface area (TPSA) is 64.1 Å². The van der Waals surface area contributed by atoms with Crippen LogP contribution in [0.5, 0.6) is 5.75 Å². The molecule has 1 atom stereocenters. The minimum Gasteiger partial charge on any atom is -0.487 e. The highest BCUT2D eigenvalue weighted by Gasteiger charge is 2.26. The predicted octanol–water partition coefficient (Wildman–Crippen LogP) is 3.34. The first kappa shape index (κ1) is 16.5. The lowest BCUT2D eigenvalue weighted by Gasteiger charge is -2.12. The van der Waals surface area contributed by atoms with Crippen LogP contribution in [0.2, 0.25) is 0 Å². The fraction of sp³-hybridized carbons (Fsp3) is 0.150. The molecule has 1 aliphatic rings. The van der Waals surface area contributed by atoms with Gasteiger partial charge in [0.15, 0.2) is 0 Å². The van der Waals surface area contributed by atoms with Crippen molar-refractivity contribution in [3.63, 3.8) is 0 Å². The number of carbonyl (C=O) groups excluding carboxylic acids is 1. The summed E-state index contributed by atoms with van der Waals surface area (Å²) in [5, 5.41) is 5.81. The second-order valence-corrected chi connectivity index (χ2v) is 6.83. The molecule has 1 unspecified atom stereocenters. The Hall–Kier alpha value is -2.99. The number of thiazole rings is 1. The van der Waals surface area contributed by atoms with Crippen molar-refractivity contribution < 1.29 is 9.53 Å². The van der Waals surface area contributed by atoms with Gasteiger partial charge in [-0.25, -0.2) is 4.98 Å². The second kappa shape index (κ2) is 7.49. The zero-order valence-electron chi connectivity index (χ0n) is 14.0. The van der Waals surface area contributed by atoms with Crippen LogP contribution in [-0.2, 0) is 11.2 Å². The fourth-order valence-corrected chi connectivity index (χ4v) is 3.56. The molecule has 1 aliphatic heterocycles. The molecule has 2 aromatic heterocycles. The molecule has 5 nitrogen and oxygen atoms in total. The number of benzene rings is 1. The van der Waals surface area contributed by atoms with E-state index < -0.39 is 0 Å². The molecule has 0 saturated heterocycles. The van der Waals surface area contributed by atoms with E-state index in [1.54, 1.807) is 36.0 Å². The molecule has 1 amide bonds. The van der Waals surface area contributed by atoms with Crippen molar-refractivity contribution in [2.45, 2.75) is 12.5 Å². The van der Waals surface area contributed by atoms with E-state index >= 15 is 0 Å². The molecule has 130 valence electrons. The summed E-state index contributed by atoms with van der Waals surface area (Å²) in [6.07, 6.45) is 9.19. The van der Waals surface area contributed by atoms with Crippen molar-refractivity contribution in [3.8, 4) is 16.3 Å². The van der Waals surface area contributed by atoms with Gasteiger partial charge in [0.25, 0.3) is 0 Å². The Bertz CT molecular complexity index is 923. The summed E-state index contributed by atoms with van der Waals surface area (Å²) in [7, 11) is 0. The van der Waals surface area contributed by atoms with Crippen LogP contribution in [0.15, 0.2) is 60.4 Å². The Labute approximate surface area is 155 Å². The van der Waals surface area contributed by atoms with Gasteiger partial charge in [-0.15, -0.1) is 11.3 Å². The van der Waals surface area contributed by atoms with Crippen LogP contribution in [0, 0.1) is 0 Å². The van der Waals surface area contributed by atoms with Gasteiger partial charge in [0, 0.05) is 36.5 Å². The van der Waals surface area contributed by atoms with Crippen molar-refractivity contribution in [1.29, 1.82) is 0 Å². The molecule has 0 aliphatic carbocycles. The van der Waals surface area contributed by atoms with E-state index in [1.807, 2.05) is 29.6 Å². The summed E-state index contributed by atoms with van der Waals surface area (Å²) in [4.78, 5) is 20.3. The predicted molar refractivity (Wildman–Crippen MR) is 102 cm³/mol. The molecule has 0 saturated carbocycles. The number of amides is 1. The number of fused-ring (bicyclic) bond motifs is 1. The van der Waals surface area contributed by atoms with Crippen LogP contribution >= 0.6 is 11.3 Å². The van der Waals surface area contributed by atoms with Crippen molar-refractivity contribution in [2.24, 2.45) is 0 Å². The standard InChI is InChI=1S/C20H17N3O2S/c24-18(5-4-14-6-8-21-9-7-14)23-13-16-12-15-2-1-3-17(19(15)25-16)20-22-10-11-26-20/h1-11,16H,12-13H2,(H,23,24). The summed E-state index contributed by atoms with van der Waals surface area (Å²) in [5.41, 5.74) is 3.11. The molecule has 6 heteroatoms. The zero-order chi connectivity index (χ0) is 17.8. The van der Waals surface area contributed by atoms with E-state index in [0.29, 0.717) is 6.54 Å². The minimum absolute atomic E-state index is 0.0654.